The molecule has 1 aromatic carbocycles. The fourth-order valence-corrected chi connectivity index (χ4v) is 5.50. The average Bonchev–Trinajstić information content (AvgIpc) is 3.51. The summed E-state index contributed by atoms with van der Waals surface area (Å²) in [5.41, 5.74) is -0.139. The van der Waals surface area contributed by atoms with Crippen LogP contribution in [0.1, 0.15) is 67.2 Å². The number of nitrogens with one attached hydrogen (secondary N) is 1. The summed E-state index contributed by atoms with van der Waals surface area (Å²) < 4.78 is 29.3. The molecular formula is C24H31F2N5O2S. The molecule has 1 aromatic heterocycles. The van der Waals surface area contributed by atoms with Crippen molar-refractivity contribution in [1.29, 1.82) is 0 Å². The first-order chi connectivity index (χ1) is 16.5. The minimum Gasteiger partial charge on any atom is -0.356 e. The summed E-state index contributed by atoms with van der Waals surface area (Å²) >= 11 is 1.62. The van der Waals surface area contributed by atoms with Gasteiger partial charge in [-0.2, -0.15) is 0 Å². The number of likely N-dealkylation sites (tertiary alicyclic amines) is 1. The average molecular weight is 492 g/mol. The Bertz CT molecular complexity index is 1020. The Morgan fingerprint density at radius 1 is 1.12 bits per heavy atom. The third kappa shape index (κ3) is 5.59. The Hall–Kier alpha value is -2.49. The van der Waals surface area contributed by atoms with E-state index in [-0.39, 0.29) is 17.4 Å². The standard InChI is InChI=1S/C24H31F2N5O2S/c1-34-24-29-28-21(31(24)18-5-2-3-6-18)7-4-12-27-22(32)16-10-13-30(14-11-16)23(33)19-9-8-17(25)15-20(19)26/h8-9,15-16,18H,2-7,10-14H2,1H3,(H,27,32). The summed E-state index contributed by atoms with van der Waals surface area (Å²) in [7, 11) is 0. The van der Waals surface area contributed by atoms with E-state index in [9.17, 15) is 18.4 Å². The Kier molecular flexibility index (Phi) is 8.18. The predicted octanol–water partition coefficient (Wildman–Crippen LogP) is 3.99. The first-order valence-electron chi connectivity index (χ1n) is 12.0. The van der Waals surface area contributed by atoms with Crippen LogP contribution < -0.4 is 5.32 Å². The van der Waals surface area contributed by atoms with Gasteiger partial charge in [0, 0.05) is 44.1 Å². The van der Waals surface area contributed by atoms with Crippen molar-refractivity contribution in [1.82, 2.24) is 25.0 Å². The molecule has 0 spiro atoms. The zero-order chi connectivity index (χ0) is 24.1. The number of hydrogen-bond acceptors (Lipinski definition) is 5. The number of carbonyl (C=O) groups excluding carboxylic acids is 2. The second-order valence-electron chi connectivity index (χ2n) is 9.00. The van der Waals surface area contributed by atoms with Crippen LogP contribution in [0.4, 0.5) is 8.78 Å². The van der Waals surface area contributed by atoms with Crippen molar-refractivity contribution in [3.63, 3.8) is 0 Å². The van der Waals surface area contributed by atoms with Crippen LogP contribution in [0, 0.1) is 17.6 Å². The van der Waals surface area contributed by atoms with E-state index in [0.29, 0.717) is 44.6 Å². The van der Waals surface area contributed by atoms with Crippen LogP contribution in [0.3, 0.4) is 0 Å². The third-order valence-corrected chi connectivity index (χ3v) is 7.44. The first-order valence-corrected chi connectivity index (χ1v) is 13.2. The van der Waals surface area contributed by atoms with Crippen LogP contribution in [-0.2, 0) is 11.2 Å². The van der Waals surface area contributed by atoms with Gasteiger partial charge in [-0.15, -0.1) is 10.2 Å². The zero-order valence-corrected chi connectivity index (χ0v) is 20.3. The largest absolute Gasteiger partial charge is 0.356 e. The Morgan fingerprint density at radius 2 is 1.85 bits per heavy atom. The zero-order valence-electron chi connectivity index (χ0n) is 19.4. The van der Waals surface area contributed by atoms with Crippen molar-refractivity contribution in [2.45, 2.75) is 62.6 Å². The molecule has 4 rings (SSSR count). The van der Waals surface area contributed by atoms with Crippen molar-refractivity contribution < 1.29 is 18.4 Å². The molecule has 0 unspecified atom stereocenters. The van der Waals surface area contributed by atoms with Gasteiger partial charge in [-0.05, 0) is 50.5 Å². The molecule has 1 N–H and O–H groups in total. The number of nitrogens with zero attached hydrogens (tertiary/aromatic N) is 4. The van der Waals surface area contributed by atoms with Gasteiger partial charge >= 0.3 is 0 Å². The maximum atomic E-state index is 13.9. The molecule has 2 aliphatic rings. The third-order valence-electron chi connectivity index (χ3n) is 6.80. The highest BCUT2D eigenvalue weighted by Gasteiger charge is 2.29. The smallest absolute Gasteiger partial charge is 0.256 e. The summed E-state index contributed by atoms with van der Waals surface area (Å²) in [6.45, 7) is 1.30. The van der Waals surface area contributed by atoms with Crippen molar-refractivity contribution in [3.05, 3.63) is 41.2 Å². The summed E-state index contributed by atoms with van der Waals surface area (Å²) in [5, 5.41) is 12.7. The van der Waals surface area contributed by atoms with Gasteiger partial charge in [-0.25, -0.2) is 8.78 Å². The number of thioether (sulfide) groups is 1. The lowest BCUT2D eigenvalue weighted by molar-refractivity contribution is -0.126. The van der Waals surface area contributed by atoms with Gasteiger partial charge in [0.05, 0.1) is 5.56 Å². The van der Waals surface area contributed by atoms with E-state index in [1.165, 1.54) is 36.6 Å². The molecule has 0 radical (unpaired) electrons. The quantitative estimate of drug-likeness (QED) is 0.446. The molecule has 1 saturated heterocycles. The molecule has 184 valence electrons. The first kappa shape index (κ1) is 24.6. The highest BCUT2D eigenvalue weighted by Crippen LogP contribution is 2.33. The molecule has 2 aromatic rings. The Labute approximate surface area is 202 Å². The molecule has 0 atom stereocenters. The number of benzene rings is 1. The van der Waals surface area contributed by atoms with Gasteiger partial charge in [-0.3, -0.25) is 9.59 Å². The molecule has 34 heavy (non-hydrogen) atoms. The number of hydrogen-bond donors (Lipinski definition) is 1. The second-order valence-corrected chi connectivity index (χ2v) is 9.77. The van der Waals surface area contributed by atoms with E-state index in [0.717, 1.165) is 29.9 Å². The molecule has 2 fully saturated rings. The minimum atomic E-state index is -0.863. The molecule has 0 bridgehead atoms. The van der Waals surface area contributed by atoms with Crippen LogP contribution in [0.25, 0.3) is 0 Å². The van der Waals surface area contributed by atoms with E-state index < -0.39 is 17.5 Å². The lowest BCUT2D eigenvalue weighted by atomic mass is 9.95. The van der Waals surface area contributed by atoms with E-state index in [4.69, 9.17) is 0 Å². The molecule has 7 nitrogen and oxygen atoms in total. The van der Waals surface area contributed by atoms with E-state index in [1.807, 2.05) is 6.26 Å². The Morgan fingerprint density at radius 3 is 2.53 bits per heavy atom. The fraction of sp³-hybridized carbons (Fsp3) is 0.583. The van der Waals surface area contributed by atoms with Crippen molar-refractivity contribution in [2.75, 3.05) is 25.9 Å². The van der Waals surface area contributed by atoms with Gasteiger partial charge < -0.3 is 14.8 Å². The predicted molar refractivity (Wildman–Crippen MR) is 126 cm³/mol. The van der Waals surface area contributed by atoms with Gasteiger partial charge in [0.1, 0.15) is 17.5 Å². The number of aromatic nitrogens is 3. The number of carbonyl (C=O) groups is 2. The number of amides is 2. The normalized spacial score (nSPS) is 17.3. The Balaban J connectivity index is 1.22. The van der Waals surface area contributed by atoms with Crippen molar-refractivity contribution >= 4 is 23.6 Å². The topological polar surface area (TPSA) is 80.1 Å². The van der Waals surface area contributed by atoms with Crippen molar-refractivity contribution in [3.8, 4) is 0 Å². The highest BCUT2D eigenvalue weighted by atomic mass is 32.2. The molecule has 2 amide bonds. The van der Waals surface area contributed by atoms with E-state index in [1.54, 1.807) is 11.8 Å². The monoisotopic (exact) mass is 491 g/mol. The van der Waals surface area contributed by atoms with Crippen LogP contribution >= 0.6 is 11.8 Å². The maximum Gasteiger partial charge on any atom is 0.256 e. The highest BCUT2D eigenvalue weighted by molar-refractivity contribution is 7.98. The summed E-state index contributed by atoms with van der Waals surface area (Å²) in [6.07, 6.45) is 9.45. The number of aryl methyl sites for hydroxylation is 1. The summed E-state index contributed by atoms with van der Waals surface area (Å²) in [5.74, 6) is -1.24. The van der Waals surface area contributed by atoms with Crippen LogP contribution in [0.5, 0.6) is 0 Å². The molecular weight excluding hydrogens is 460 g/mol. The van der Waals surface area contributed by atoms with Gasteiger partial charge in [0.15, 0.2) is 5.16 Å². The van der Waals surface area contributed by atoms with Crippen LogP contribution in [0.2, 0.25) is 0 Å². The lowest BCUT2D eigenvalue weighted by Crippen LogP contribution is -2.43. The van der Waals surface area contributed by atoms with Gasteiger partial charge in [0.2, 0.25) is 5.91 Å². The van der Waals surface area contributed by atoms with Crippen molar-refractivity contribution in [2.24, 2.45) is 5.92 Å². The van der Waals surface area contributed by atoms with Crippen LogP contribution in [-0.4, -0.2) is 57.4 Å². The molecule has 1 aliphatic carbocycles. The fourth-order valence-electron chi connectivity index (χ4n) is 4.93. The van der Waals surface area contributed by atoms with E-state index in [2.05, 4.69) is 20.1 Å². The minimum absolute atomic E-state index is 0.0119. The lowest BCUT2D eigenvalue weighted by Gasteiger charge is -2.31. The second kappa shape index (κ2) is 11.3. The van der Waals surface area contributed by atoms with Gasteiger partial charge in [0.25, 0.3) is 5.91 Å². The van der Waals surface area contributed by atoms with Gasteiger partial charge in [-0.1, -0.05) is 24.6 Å². The maximum absolute atomic E-state index is 13.9. The molecule has 1 saturated carbocycles. The summed E-state index contributed by atoms with van der Waals surface area (Å²) in [6, 6.07) is 3.44. The van der Waals surface area contributed by atoms with E-state index >= 15 is 0 Å². The number of halogens is 2. The number of piperidine rings is 1. The summed E-state index contributed by atoms with van der Waals surface area (Å²) in [4.78, 5) is 26.7. The molecule has 10 heteroatoms. The SMILES string of the molecule is CSc1nnc(CCCNC(=O)C2CCN(C(=O)c3ccc(F)cc3F)CC2)n1C1CCCC1. The number of rotatable bonds is 8. The molecule has 1 aliphatic heterocycles. The molecule has 2 heterocycles. The van der Waals surface area contributed by atoms with Crippen LogP contribution in [0.15, 0.2) is 23.4 Å².